The molecule has 1 atom stereocenters. The van der Waals surface area contributed by atoms with E-state index in [1.165, 1.54) is 34.2 Å². The van der Waals surface area contributed by atoms with Crippen molar-refractivity contribution in [2.75, 3.05) is 0 Å². The number of fused-ring (bicyclic) bond motifs is 1. The lowest BCUT2D eigenvalue weighted by atomic mass is 10.1. The molecular weight excluding hydrogens is 319 g/mol. The Hall–Kier alpha value is -2.56. The minimum atomic E-state index is -0.343. The van der Waals surface area contributed by atoms with Crippen LogP contribution in [0.1, 0.15) is 16.6 Å². The largest absolute Gasteiger partial charge is 0.318 e. The lowest BCUT2D eigenvalue weighted by molar-refractivity contribution is 0.626. The Morgan fingerprint density at radius 1 is 0.917 bits per heavy atom. The van der Waals surface area contributed by atoms with E-state index in [4.69, 9.17) is 5.73 Å². The van der Waals surface area contributed by atoms with Crippen molar-refractivity contribution in [2.45, 2.75) is 6.04 Å². The summed E-state index contributed by atoms with van der Waals surface area (Å²) in [7, 11) is 0. The average molecular weight is 334 g/mol. The van der Waals surface area contributed by atoms with Crippen LogP contribution in [0.25, 0.3) is 22.0 Å². The molecule has 4 heteroatoms. The molecule has 1 unspecified atom stereocenters. The summed E-state index contributed by atoms with van der Waals surface area (Å²) in [5.74, 6) is -0.262. The smallest absolute Gasteiger partial charge is 0.123 e. The minimum Gasteiger partial charge on any atom is -0.318 e. The van der Waals surface area contributed by atoms with Gasteiger partial charge < -0.3 is 5.73 Å². The van der Waals surface area contributed by atoms with Crippen LogP contribution in [0, 0.1) is 5.82 Å². The zero-order valence-electron chi connectivity index (χ0n) is 12.8. The van der Waals surface area contributed by atoms with Gasteiger partial charge in [0, 0.05) is 10.9 Å². The molecule has 0 amide bonds. The zero-order valence-corrected chi connectivity index (χ0v) is 13.6. The molecule has 1 heterocycles. The van der Waals surface area contributed by atoms with Crippen LogP contribution >= 0.6 is 11.3 Å². The van der Waals surface area contributed by atoms with Gasteiger partial charge in [-0.15, -0.1) is 11.3 Å². The molecule has 118 valence electrons. The van der Waals surface area contributed by atoms with Gasteiger partial charge >= 0.3 is 0 Å². The van der Waals surface area contributed by atoms with Gasteiger partial charge in [0.05, 0.1) is 11.7 Å². The number of aromatic nitrogens is 1. The highest BCUT2D eigenvalue weighted by molar-refractivity contribution is 7.10. The van der Waals surface area contributed by atoms with Gasteiger partial charge in [-0.25, -0.2) is 9.37 Å². The molecule has 0 radical (unpaired) electrons. The van der Waals surface area contributed by atoms with Crippen LogP contribution in [0.5, 0.6) is 0 Å². The Morgan fingerprint density at radius 2 is 1.67 bits per heavy atom. The van der Waals surface area contributed by atoms with Crippen molar-refractivity contribution in [3.63, 3.8) is 0 Å². The SMILES string of the molecule is NC(c1ccc(F)cc1)c1nc(-c2ccc3ccccc3c2)cs1. The van der Waals surface area contributed by atoms with Crippen LogP contribution in [-0.2, 0) is 0 Å². The molecule has 24 heavy (non-hydrogen) atoms. The molecule has 0 saturated carbocycles. The second-order valence-electron chi connectivity index (χ2n) is 5.66. The summed E-state index contributed by atoms with van der Waals surface area (Å²) in [6.45, 7) is 0. The van der Waals surface area contributed by atoms with E-state index in [0.29, 0.717) is 0 Å². The Labute approximate surface area is 143 Å². The standard InChI is InChI=1S/C20H15FN2S/c21-17-9-7-14(8-10-17)19(22)20-23-18(12-24-20)16-6-5-13-3-1-2-4-15(13)11-16/h1-12,19H,22H2. The summed E-state index contributed by atoms with van der Waals surface area (Å²) in [5.41, 5.74) is 9.12. The third-order valence-electron chi connectivity index (χ3n) is 4.06. The van der Waals surface area contributed by atoms with Crippen molar-refractivity contribution in [1.82, 2.24) is 4.98 Å². The Balaban J connectivity index is 1.67. The molecule has 1 aromatic heterocycles. The highest BCUT2D eigenvalue weighted by atomic mass is 32.1. The molecule has 2 N–H and O–H groups in total. The van der Waals surface area contributed by atoms with E-state index in [-0.39, 0.29) is 11.9 Å². The average Bonchev–Trinajstić information content (AvgIpc) is 3.11. The fourth-order valence-electron chi connectivity index (χ4n) is 2.72. The number of rotatable bonds is 3. The molecular formula is C20H15FN2S. The quantitative estimate of drug-likeness (QED) is 0.563. The molecule has 4 rings (SSSR count). The maximum Gasteiger partial charge on any atom is 0.123 e. The first-order valence-corrected chi connectivity index (χ1v) is 8.54. The first-order valence-electron chi connectivity index (χ1n) is 7.66. The van der Waals surface area contributed by atoms with Crippen molar-refractivity contribution in [1.29, 1.82) is 0 Å². The predicted molar refractivity (Wildman–Crippen MR) is 97.5 cm³/mol. The molecule has 2 nitrogen and oxygen atoms in total. The van der Waals surface area contributed by atoms with Crippen molar-refractivity contribution >= 4 is 22.1 Å². The van der Waals surface area contributed by atoms with Gasteiger partial charge in [0.2, 0.25) is 0 Å². The predicted octanol–water partition coefficient (Wildman–Crippen LogP) is 5.15. The summed E-state index contributed by atoms with van der Waals surface area (Å²) in [6, 6.07) is 20.5. The van der Waals surface area contributed by atoms with Gasteiger partial charge in [0.15, 0.2) is 0 Å². The zero-order chi connectivity index (χ0) is 16.5. The van der Waals surface area contributed by atoms with Gasteiger partial charge in [-0.1, -0.05) is 48.5 Å². The summed E-state index contributed by atoms with van der Waals surface area (Å²) in [5, 5.41) is 5.24. The molecule has 0 bridgehead atoms. The Bertz CT molecular complexity index is 992. The molecule has 0 aliphatic rings. The number of hydrogen-bond acceptors (Lipinski definition) is 3. The molecule has 0 fully saturated rings. The first kappa shape index (κ1) is 15.0. The lowest BCUT2D eigenvalue weighted by Gasteiger charge is -2.08. The van der Waals surface area contributed by atoms with Crippen LogP contribution in [-0.4, -0.2) is 4.98 Å². The van der Waals surface area contributed by atoms with Crippen LogP contribution in [0.3, 0.4) is 0 Å². The lowest BCUT2D eigenvalue weighted by Crippen LogP contribution is -2.11. The van der Waals surface area contributed by atoms with Crippen LogP contribution in [0.4, 0.5) is 4.39 Å². The molecule has 4 aromatic rings. The maximum atomic E-state index is 13.1. The van der Waals surface area contributed by atoms with E-state index in [1.807, 2.05) is 17.5 Å². The molecule has 0 spiro atoms. The fraction of sp³-hybridized carbons (Fsp3) is 0.0500. The Morgan fingerprint density at radius 3 is 2.46 bits per heavy atom. The van der Waals surface area contributed by atoms with E-state index in [2.05, 4.69) is 35.3 Å². The van der Waals surface area contributed by atoms with E-state index in [0.717, 1.165) is 21.8 Å². The third-order valence-corrected chi connectivity index (χ3v) is 4.99. The number of thiazole rings is 1. The number of halogens is 1. The summed E-state index contributed by atoms with van der Waals surface area (Å²) >= 11 is 1.53. The van der Waals surface area contributed by atoms with Gasteiger partial charge in [0.1, 0.15) is 10.8 Å². The highest BCUT2D eigenvalue weighted by Gasteiger charge is 2.14. The molecule has 0 saturated heterocycles. The normalized spacial score (nSPS) is 12.4. The maximum absolute atomic E-state index is 13.1. The highest BCUT2D eigenvalue weighted by Crippen LogP contribution is 2.29. The van der Waals surface area contributed by atoms with Crippen molar-refractivity contribution < 1.29 is 4.39 Å². The number of nitrogens with two attached hydrogens (primary N) is 1. The van der Waals surface area contributed by atoms with Crippen molar-refractivity contribution in [3.8, 4) is 11.3 Å². The van der Waals surface area contributed by atoms with Crippen LogP contribution in [0.2, 0.25) is 0 Å². The van der Waals surface area contributed by atoms with Crippen LogP contribution in [0.15, 0.2) is 72.1 Å². The fourth-order valence-corrected chi connectivity index (χ4v) is 3.58. The summed E-state index contributed by atoms with van der Waals surface area (Å²) in [6.07, 6.45) is 0. The number of hydrogen-bond donors (Lipinski definition) is 1. The van der Waals surface area contributed by atoms with Crippen LogP contribution < -0.4 is 5.73 Å². The summed E-state index contributed by atoms with van der Waals surface area (Å²) in [4.78, 5) is 4.69. The Kier molecular flexibility index (Phi) is 3.84. The van der Waals surface area contributed by atoms with Crippen molar-refractivity contribution in [3.05, 3.63) is 88.5 Å². The first-order chi connectivity index (χ1) is 11.7. The van der Waals surface area contributed by atoms with E-state index in [9.17, 15) is 4.39 Å². The van der Waals surface area contributed by atoms with Gasteiger partial charge in [-0.2, -0.15) is 0 Å². The second kappa shape index (κ2) is 6.15. The monoisotopic (exact) mass is 334 g/mol. The third kappa shape index (κ3) is 2.82. The number of benzene rings is 3. The van der Waals surface area contributed by atoms with Crippen molar-refractivity contribution in [2.24, 2.45) is 5.73 Å². The molecule has 0 aliphatic heterocycles. The van der Waals surface area contributed by atoms with Gasteiger partial charge in [-0.05, 0) is 34.5 Å². The van der Waals surface area contributed by atoms with E-state index >= 15 is 0 Å². The molecule has 3 aromatic carbocycles. The van der Waals surface area contributed by atoms with E-state index in [1.54, 1.807) is 12.1 Å². The van der Waals surface area contributed by atoms with Gasteiger partial charge in [-0.3, -0.25) is 0 Å². The second-order valence-corrected chi connectivity index (χ2v) is 6.55. The number of nitrogens with zero attached hydrogens (tertiary/aromatic N) is 1. The topological polar surface area (TPSA) is 38.9 Å². The molecule has 0 aliphatic carbocycles. The van der Waals surface area contributed by atoms with Gasteiger partial charge in [0.25, 0.3) is 0 Å². The van der Waals surface area contributed by atoms with E-state index < -0.39 is 0 Å². The minimum absolute atomic E-state index is 0.262. The summed E-state index contributed by atoms with van der Waals surface area (Å²) < 4.78 is 13.1.